The average Bonchev–Trinajstić information content (AvgIpc) is 2.75. The zero-order valence-corrected chi connectivity index (χ0v) is 19.6. The van der Waals surface area contributed by atoms with Crippen molar-refractivity contribution >= 4 is 52.6 Å². The highest BCUT2D eigenvalue weighted by molar-refractivity contribution is 6.36. The maximum absolute atomic E-state index is 12.1. The highest BCUT2D eigenvalue weighted by Gasteiger charge is 2.12. The van der Waals surface area contributed by atoms with Crippen molar-refractivity contribution in [3.8, 4) is 0 Å². The Labute approximate surface area is 201 Å². The number of amides is 5. The largest absolute Gasteiger partial charge is 0.350 e. The Bertz CT molecular complexity index is 1010. The Kier molecular flexibility index (Phi) is 9.96. The zero-order valence-electron chi connectivity index (χ0n) is 18.1. The summed E-state index contributed by atoms with van der Waals surface area (Å²) in [4.78, 5) is 47.6. The second kappa shape index (κ2) is 12.7. The smallest absolute Gasteiger partial charge is 0.319 e. The van der Waals surface area contributed by atoms with E-state index in [1.54, 1.807) is 24.3 Å². The lowest BCUT2D eigenvalue weighted by molar-refractivity contribution is -0.125. The van der Waals surface area contributed by atoms with Crippen molar-refractivity contribution in [1.29, 1.82) is 0 Å². The number of rotatable bonds is 9. The summed E-state index contributed by atoms with van der Waals surface area (Å²) in [5, 5.41) is 13.5. The van der Waals surface area contributed by atoms with Crippen molar-refractivity contribution in [3.05, 3.63) is 63.6 Å². The van der Waals surface area contributed by atoms with E-state index in [9.17, 15) is 19.2 Å². The fourth-order valence-corrected chi connectivity index (χ4v) is 3.06. The molecule has 0 unspecified atom stereocenters. The number of carbonyl (C=O) groups excluding carboxylic acids is 4. The van der Waals surface area contributed by atoms with Crippen molar-refractivity contribution < 1.29 is 19.2 Å². The summed E-state index contributed by atoms with van der Waals surface area (Å²) >= 11 is 11.7. The van der Waals surface area contributed by atoms with Crippen LogP contribution in [0.15, 0.2) is 42.5 Å². The minimum absolute atomic E-state index is 0.0261. The Hall–Kier alpha value is -3.30. The van der Waals surface area contributed by atoms with E-state index in [-0.39, 0.29) is 42.3 Å². The molecule has 0 aliphatic heterocycles. The van der Waals surface area contributed by atoms with Crippen molar-refractivity contribution in [2.24, 2.45) is 0 Å². The third-order valence-electron chi connectivity index (χ3n) is 4.15. The van der Waals surface area contributed by atoms with Gasteiger partial charge in [0.25, 0.3) is 5.91 Å². The molecule has 0 radical (unpaired) electrons. The van der Waals surface area contributed by atoms with Crippen molar-refractivity contribution in [1.82, 2.24) is 21.3 Å². The van der Waals surface area contributed by atoms with Crippen LogP contribution in [0, 0.1) is 0 Å². The zero-order chi connectivity index (χ0) is 24.4. The molecule has 0 bridgehead atoms. The van der Waals surface area contributed by atoms with Crippen LogP contribution in [0.5, 0.6) is 0 Å². The molecule has 0 aliphatic rings. The Balaban J connectivity index is 1.68. The van der Waals surface area contributed by atoms with Gasteiger partial charge in [0.1, 0.15) is 0 Å². The predicted molar refractivity (Wildman–Crippen MR) is 127 cm³/mol. The third kappa shape index (κ3) is 9.38. The quantitative estimate of drug-likeness (QED) is 0.367. The molecule has 9 nitrogen and oxygen atoms in total. The first-order valence-corrected chi connectivity index (χ1v) is 10.8. The van der Waals surface area contributed by atoms with Gasteiger partial charge in [0.15, 0.2) is 0 Å². The maximum atomic E-state index is 12.1. The van der Waals surface area contributed by atoms with Gasteiger partial charge in [-0.05, 0) is 49.7 Å². The van der Waals surface area contributed by atoms with Crippen molar-refractivity contribution in [2.45, 2.75) is 26.4 Å². The van der Waals surface area contributed by atoms with Gasteiger partial charge in [-0.2, -0.15) is 0 Å². The van der Waals surface area contributed by atoms with E-state index in [0.29, 0.717) is 10.7 Å². The van der Waals surface area contributed by atoms with E-state index < -0.39 is 17.7 Å². The number of hydrogen-bond donors (Lipinski definition) is 5. The van der Waals surface area contributed by atoms with Crippen molar-refractivity contribution in [2.75, 3.05) is 18.4 Å². The second-order valence-corrected chi connectivity index (χ2v) is 8.15. The lowest BCUT2D eigenvalue weighted by Gasteiger charge is -2.11. The van der Waals surface area contributed by atoms with Gasteiger partial charge in [0.05, 0.1) is 23.7 Å². The van der Waals surface area contributed by atoms with Crippen LogP contribution in [0.3, 0.4) is 0 Å². The molecule has 5 N–H and O–H groups in total. The van der Waals surface area contributed by atoms with E-state index in [1.165, 1.54) is 18.2 Å². The molecule has 0 saturated carbocycles. The molecule has 0 aromatic heterocycles. The summed E-state index contributed by atoms with van der Waals surface area (Å²) in [6, 6.07) is 11.1. The molecule has 0 aliphatic carbocycles. The lowest BCUT2D eigenvalue weighted by atomic mass is 10.2. The first kappa shape index (κ1) is 26.0. The van der Waals surface area contributed by atoms with Gasteiger partial charge in [0.2, 0.25) is 11.8 Å². The molecule has 2 aromatic carbocycles. The van der Waals surface area contributed by atoms with Gasteiger partial charge in [-0.1, -0.05) is 35.3 Å². The van der Waals surface area contributed by atoms with Crippen LogP contribution >= 0.6 is 23.2 Å². The van der Waals surface area contributed by atoms with Gasteiger partial charge >= 0.3 is 6.03 Å². The number of benzene rings is 2. The summed E-state index contributed by atoms with van der Waals surface area (Å²) in [5.41, 5.74) is 1.63. The molecule has 0 heterocycles. The molecule has 11 heteroatoms. The van der Waals surface area contributed by atoms with Gasteiger partial charge in [-0.15, -0.1) is 0 Å². The van der Waals surface area contributed by atoms with Crippen LogP contribution in [0.25, 0.3) is 0 Å². The number of halogens is 2. The summed E-state index contributed by atoms with van der Waals surface area (Å²) in [5.74, 6) is -1.46. The molecule has 0 atom stereocenters. The Morgan fingerprint density at radius 2 is 1.48 bits per heavy atom. The second-order valence-electron chi connectivity index (χ2n) is 7.31. The number of anilines is 1. The fourth-order valence-electron chi connectivity index (χ4n) is 2.57. The van der Waals surface area contributed by atoms with Gasteiger partial charge in [-0.25, -0.2) is 4.79 Å². The standard InChI is InChI=1S/C22H25Cl2N5O4/c1-13(2)28-22(33)29-16-6-3-14(4-7-16)10-25-19(30)11-26-20(31)12-27-21(32)17-8-5-15(23)9-18(17)24/h3-9,13H,10-12H2,1-2H3,(H,25,30)(H,26,31)(H,27,32)(H2,28,29,33). The van der Waals surface area contributed by atoms with Crippen LogP contribution < -0.4 is 26.6 Å². The minimum atomic E-state index is -0.532. The van der Waals surface area contributed by atoms with Gasteiger partial charge in [-0.3, -0.25) is 14.4 Å². The summed E-state index contributed by atoms with van der Waals surface area (Å²) in [7, 11) is 0. The molecular formula is C22H25Cl2N5O4. The fraction of sp³-hybridized carbons (Fsp3) is 0.273. The number of nitrogens with one attached hydrogen (secondary N) is 5. The maximum Gasteiger partial charge on any atom is 0.319 e. The predicted octanol–water partition coefficient (Wildman–Crippen LogP) is 2.69. The topological polar surface area (TPSA) is 128 Å². The Morgan fingerprint density at radius 3 is 2.12 bits per heavy atom. The van der Waals surface area contributed by atoms with E-state index in [2.05, 4.69) is 26.6 Å². The number of urea groups is 1. The number of carbonyl (C=O) groups is 4. The van der Waals surface area contributed by atoms with Crippen LogP contribution in [0.1, 0.15) is 29.8 Å². The van der Waals surface area contributed by atoms with Crippen LogP contribution in [-0.4, -0.2) is 42.9 Å². The highest BCUT2D eigenvalue weighted by atomic mass is 35.5. The first-order valence-electron chi connectivity index (χ1n) is 10.1. The molecule has 0 saturated heterocycles. The van der Waals surface area contributed by atoms with Gasteiger partial charge < -0.3 is 26.6 Å². The molecule has 0 spiro atoms. The minimum Gasteiger partial charge on any atom is -0.350 e. The average molecular weight is 494 g/mol. The molecule has 33 heavy (non-hydrogen) atoms. The highest BCUT2D eigenvalue weighted by Crippen LogP contribution is 2.20. The van der Waals surface area contributed by atoms with Crippen molar-refractivity contribution in [3.63, 3.8) is 0 Å². The summed E-state index contributed by atoms with van der Waals surface area (Å²) in [6.07, 6.45) is 0. The Morgan fingerprint density at radius 1 is 0.848 bits per heavy atom. The molecule has 2 rings (SSSR count). The molecular weight excluding hydrogens is 469 g/mol. The monoisotopic (exact) mass is 493 g/mol. The van der Waals surface area contributed by atoms with Crippen LogP contribution in [0.2, 0.25) is 10.0 Å². The van der Waals surface area contributed by atoms with E-state index in [4.69, 9.17) is 23.2 Å². The number of hydrogen-bond acceptors (Lipinski definition) is 4. The SMILES string of the molecule is CC(C)NC(=O)Nc1ccc(CNC(=O)CNC(=O)CNC(=O)c2ccc(Cl)cc2Cl)cc1. The molecule has 2 aromatic rings. The van der Waals surface area contributed by atoms with Gasteiger partial charge in [0, 0.05) is 23.3 Å². The molecule has 176 valence electrons. The van der Waals surface area contributed by atoms with E-state index in [1.807, 2.05) is 13.8 Å². The normalized spacial score (nSPS) is 10.3. The molecule has 5 amide bonds. The van der Waals surface area contributed by atoms with Crippen LogP contribution in [0.4, 0.5) is 10.5 Å². The first-order chi connectivity index (χ1) is 15.6. The van der Waals surface area contributed by atoms with E-state index >= 15 is 0 Å². The third-order valence-corrected chi connectivity index (χ3v) is 4.70. The molecule has 0 fully saturated rings. The summed E-state index contributed by atoms with van der Waals surface area (Å²) in [6.45, 7) is 3.41. The van der Waals surface area contributed by atoms with Crippen LogP contribution in [-0.2, 0) is 16.1 Å². The lowest BCUT2D eigenvalue weighted by Crippen LogP contribution is -2.41. The summed E-state index contributed by atoms with van der Waals surface area (Å²) < 4.78 is 0. The van der Waals surface area contributed by atoms with E-state index in [0.717, 1.165) is 5.56 Å².